The van der Waals surface area contributed by atoms with Gasteiger partial charge >= 0.3 is 0 Å². The van der Waals surface area contributed by atoms with Gasteiger partial charge in [-0.3, -0.25) is 0 Å². The smallest absolute Gasteiger partial charge is 0.285 e. The molecule has 2 rings (SSSR count). The Labute approximate surface area is 163 Å². The SMILES string of the molecule is CCCCCCC1=CC(OC)(C(C)C)O/C1=N/S(=O)(=O)c1ccc(C)cc1. The van der Waals surface area contributed by atoms with E-state index in [-0.39, 0.29) is 16.7 Å². The molecule has 1 aliphatic heterocycles. The van der Waals surface area contributed by atoms with Crippen molar-refractivity contribution < 1.29 is 17.9 Å². The normalized spacial score (nSPS) is 21.6. The van der Waals surface area contributed by atoms with E-state index in [1.807, 2.05) is 26.8 Å². The van der Waals surface area contributed by atoms with Gasteiger partial charge in [-0.1, -0.05) is 57.7 Å². The quantitative estimate of drug-likeness (QED) is 0.553. The Morgan fingerprint density at radius 1 is 1.15 bits per heavy atom. The van der Waals surface area contributed by atoms with Crippen LogP contribution in [0.4, 0.5) is 0 Å². The van der Waals surface area contributed by atoms with Crippen LogP contribution in [0.15, 0.2) is 45.2 Å². The summed E-state index contributed by atoms with van der Waals surface area (Å²) in [6.07, 6.45) is 6.97. The number of benzene rings is 1. The number of hydrogen-bond donors (Lipinski definition) is 0. The molecule has 1 heterocycles. The summed E-state index contributed by atoms with van der Waals surface area (Å²) in [5.74, 6) is -0.799. The maximum atomic E-state index is 12.8. The Balaban J connectivity index is 2.35. The summed E-state index contributed by atoms with van der Waals surface area (Å²) in [5.41, 5.74) is 1.80. The van der Waals surface area contributed by atoms with Gasteiger partial charge in [0.05, 0.1) is 4.90 Å². The Hall–Kier alpha value is -1.66. The Morgan fingerprint density at radius 3 is 2.37 bits per heavy atom. The van der Waals surface area contributed by atoms with E-state index in [9.17, 15) is 8.42 Å². The summed E-state index contributed by atoms with van der Waals surface area (Å²) in [6, 6.07) is 6.66. The number of sulfonamides is 1. The van der Waals surface area contributed by atoms with Crippen molar-refractivity contribution in [1.82, 2.24) is 0 Å². The molecule has 1 aromatic carbocycles. The topological polar surface area (TPSA) is 65.0 Å². The first kappa shape index (κ1) is 21.6. The lowest BCUT2D eigenvalue weighted by atomic mass is 10.00. The molecule has 0 fully saturated rings. The highest BCUT2D eigenvalue weighted by molar-refractivity contribution is 7.90. The van der Waals surface area contributed by atoms with Crippen molar-refractivity contribution in [3.05, 3.63) is 41.5 Å². The van der Waals surface area contributed by atoms with Crippen molar-refractivity contribution in [3.63, 3.8) is 0 Å². The van der Waals surface area contributed by atoms with Crippen LogP contribution >= 0.6 is 0 Å². The zero-order valence-electron chi connectivity index (χ0n) is 17.0. The molecule has 1 atom stereocenters. The van der Waals surface area contributed by atoms with Gasteiger partial charge in [0, 0.05) is 18.6 Å². The van der Waals surface area contributed by atoms with Gasteiger partial charge < -0.3 is 9.47 Å². The lowest BCUT2D eigenvalue weighted by Gasteiger charge is -2.29. The van der Waals surface area contributed by atoms with Crippen LogP contribution in [0, 0.1) is 12.8 Å². The summed E-state index contributed by atoms with van der Waals surface area (Å²) in [7, 11) is -2.27. The zero-order chi connectivity index (χ0) is 20.1. The van der Waals surface area contributed by atoms with E-state index in [1.165, 1.54) is 0 Å². The average molecular weight is 394 g/mol. The summed E-state index contributed by atoms with van der Waals surface area (Å²) in [4.78, 5) is 0.161. The van der Waals surface area contributed by atoms with E-state index in [1.54, 1.807) is 31.4 Å². The molecule has 0 saturated carbocycles. The summed E-state index contributed by atoms with van der Waals surface area (Å²) >= 11 is 0. The van der Waals surface area contributed by atoms with E-state index in [2.05, 4.69) is 11.3 Å². The van der Waals surface area contributed by atoms with E-state index in [4.69, 9.17) is 9.47 Å². The second-order valence-corrected chi connectivity index (χ2v) is 8.95. The third-order valence-electron chi connectivity index (χ3n) is 4.85. The molecule has 1 unspecified atom stereocenters. The number of rotatable bonds is 9. The summed E-state index contributed by atoms with van der Waals surface area (Å²) in [5, 5.41) is 0. The highest BCUT2D eigenvalue weighted by Gasteiger charge is 2.42. The number of aryl methyl sites for hydroxylation is 1. The fourth-order valence-corrected chi connectivity index (χ4v) is 4.00. The van der Waals surface area contributed by atoms with Crippen LogP contribution < -0.4 is 0 Å². The van der Waals surface area contributed by atoms with Crippen LogP contribution in [0.1, 0.15) is 58.4 Å². The minimum atomic E-state index is -3.85. The van der Waals surface area contributed by atoms with Gasteiger partial charge in [-0.2, -0.15) is 8.42 Å². The third kappa shape index (κ3) is 5.20. The Kier molecular flexibility index (Phi) is 7.23. The first-order valence-electron chi connectivity index (χ1n) is 9.62. The molecule has 0 radical (unpaired) electrons. The molecule has 6 heteroatoms. The van der Waals surface area contributed by atoms with Gasteiger partial charge in [-0.25, -0.2) is 0 Å². The van der Waals surface area contributed by atoms with Crippen LogP contribution in [0.25, 0.3) is 0 Å². The van der Waals surface area contributed by atoms with Crippen molar-refractivity contribution in [1.29, 1.82) is 0 Å². The van der Waals surface area contributed by atoms with Crippen molar-refractivity contribution in [2.45, 2.75) is 70.5 Å². The minimum absolute atomic E-state index is 0.0166. The molecule has 0 aliphatic carbocycles. The Morgan fingerprint density at radius 2 is 1.81 bits per heavy atom. The first-order chi connectivity index (χ1) is 12.7. The average Bonchev–Trinajstić information content (AvgIpc) is 2.97. The predicted octanol–water partition coefficient (Wildman–Crippen LogP) is 5.01. The molecule has 1 aromatic rings. The van der Waals surface area contributed by atoms with Crippen molar-refractivity contribution in [2.75, 3.05) is 7.11 Å². The summed E-state index contributed by atoms with van der Waals surface area (Å²) in [6.45, 7) is 8.03. The fourth-order valence-electron chi connectivity index (χ4n) is 3.04. The van der Waals surface area contributed by atoms with E-state index in [0.29, 0.717) is 0 Å². The van der Waals surface area contributed by atoms with Gasteiger partial charge in [-0.15, -0.1) is 4.40 Å². The zero-order valence-corrected chi connectivity index (χ0v) is 17.8. The molecule has 27 heavy (non-hydrogen) atoms. The van der Waals surface area contributed by atoms with Crippen LogP contribution in [0.2, 0.25) is 0 Å². The second-order valence-electron chi connectivity index (χ2n) is 7.35. The largest absolute Gasteiger partial charge is 0.440 e. The molecule has 0 spiro atoms. The van der Waals surface area contributed by atoms with Crippen LogP contribution in [0.3, 0.4) is 0 Å². The van der Waals surface area contributed by atoms with Crippen LogP contribution in [-0.4, -0.2) is 27.2 Å². The van der Waals surface area contributed by atoms with Gasteiger partial charge in [0.15, 0.2) is 0 Å². The maximum absolute atomic E-state index is 12.8. The molecule has 0 saturated heterocycles. The van der Waals surface area contributed by atoms with Gasteiger partial charge in [0.1, 0.15) is 0 Å². The van der Waals surface area contributed by atoms with Crippen molar-refractivity contribution in [2.24, 2.45) is 10.3 Å². The molecular weight excluding hydrogens is 362 g/mol. The third-order valence-corrected chi connectivity index (χ3v) is 6.13. The van der Waals surface area contributed by atoms with Crippen LogP contribution in [0.5, 0.6) is 0 Å². The van der Waals surface area contributed by atoms with Crippen molar-refractivity contribution >= 4 is 15.9 Å². The lowest BCUT2D eigenvalue weighted by molar-refractivity contribution is -0.157. The molecule has 5 nitrogen and oxygen atoms in total. The second kappa shape index (κ2) is 9.02. The molecule has 0 amide bonds. The van der Waals surface area contributed by atoms with Gasteiger partial charge in [0.2, 0.25) is 11.7 Å². The minimum Gasteiger partial charge on any atom is -0.440 e. The van der Waals surface area contributed by atoms with E-state index < -0.39 is 15.8 Å². The van der Waals surface area contributed by atoms with Gasteiger partial charge in [-0.05, 0) is 38.0 Å². The summed E-state index contributed by atoms with van der Waals surface area (Å²) < 4.78 is 41.1. The van der Waals surface area contributed by atoms with E-state index >= 15 is 0 Å². The molecular formula is C21H31NO4S. The molecule has 0 N–H and O–H groups in total. The van der Waals surface area contributed by atoms with Crippen LogP contribution in [-0.2, 0) is 19.5 Å². The van der Waals surface area contributed by atoms with Crippen molar-refractivity contribution in [3.8, 4) is 0 Å². The number of methoxy groups -OCH3 is 1. The van der Waals surface area contributed by atoms with E-state index in [0.717, 1.165) is 43.2 Å². The predicted molar refractivity (Wildman–Crippen MR) is 108 cm³/mol. The number of nitrogens with zero attached hydrogens (tertiary/aromatic N) is 1. The van der Waals surface area contributed by atoms with Gasteiger partial charge in [0.25, 0.3) is 10.0 Å². The molecule has 0 bridgehead atoms. The monoisotopic (exact) mass is 393 g/mol. The molecule has 0 aromatic heterocycles. The fraction of sp³-hybridized carbons (Fsp3) is 0.571. The molecule has 150 valence electrons. The number of unbranched alkanes of at least 4 members (excludes halogenated alkanes) is 3. The lowest BCUT2D eigenvalue weighted by Crippen LogP contribution is -2.36. The standard InChI is InChI=1S/C21H31NO4S/c1-6-7-8-9-10-18-15-21(25-5,16(2)3)26-20(18)22-27(23,24)19-13-11-17(4)12-14-19/h11-16H,6-10H2,1-5H3/b22-20+. The number of ether oxygens (including phenoxy) is 2. The maximum Gasteiger partial charge on any atom is 0.285 e. The highest BCUT2D eigenvalue weighted by atomic mass is 32.2. The molecule has 1 aliphatic rings. The highest BCUT2D eigenvalue weighted by Crippen LogP contribution is 2.35. The Bertz CT molecular complexity index is 794. The first-order valence-corrected chi connectivity index (χ1v) is 11.1. The number of hydrogen-bond acceptors (Lipinski definition) is 4.